The van der Waals surface area contributed by atoms with Gasteiger partial charge in [-0.25, -0.2) is 14.4 Å². The first-order valence-corrected chi connectivity index (χ1v) is 14.4. The lowest BCUT2D eigenvalue weighted by atomic mass is 9.82. The van der Waals surface area contributed by atoms with Gasteiger partial charge < -0.3 is 15.1 Å². The molecule has 2 N–H and O–H groups in total. The molecule has 2 amide bonds. The number of hydrogen-bond acceptors (Lipinski definition) is 7. The number of carbonyl (C=O) groups is 2. The number of nitrogens with zero attached hydrogens (tertiary/aromatic N) is 6. The normalized spacial score (nSPS) is 20.7. The molecule has 6 rings (SSSR count). The van der Waals surface area contributed by atoms with Crippen LogP contribution in [0.4, 0.5) is 16.0 Å². The third-order valence-electron chi connectivity index (χ3n) is 8.44. The Balaban J connectivity index is 1.11. The van der Waals surface area contributed by atoms with Gasteiger partial charge in [-0.3, -0.25) is 19.6 Å². The maximum Gasteiger partial charge on any atom is 0.237 e. The molecule has 43 heavy (non-hydrogen) atoms. The zero-order chi connectivity index (χ0) is 30.0. The van der Waals surface area contributed by atoms with E-state index in [9.17, 15) is 14.0 Å². The highest BCUT2D eigenvalue weighted by atomic mass is 19.1. The number of fused-ring (bicyclic) bond motifs is 1. The zero-order valence-corrected chi connectivity index (χ0v) is 24.0. The molecule has 10 nitrogen and oxygen atoms in total. The van der Waals surface area contributed by atoms with Crippen molar-refractivity contribution in [3.63, 3.8) is 0 Å². The highest BCUT2D eigenvalue weighted by Crippen LogP contribution is 2.36. The standard InChI is InChI=1S/C32H33FN8O2/c1-3-11-32(30(43)36-25-9-10-27-26(18-25)29(38-37-27)23-5-7-24(33)8-6-23)12-15-39(21-32)20-28(42)41-17-16-40(19-22(41)2)31-34-13-4-14-35-31/h1,4-10,13-14,18,22H,11-12,15-17,19-21H2,2H3,(H,36,43)(H,37,38)/t22-,32?/m1/s1. The molecule has 11 heteroatoms. The van der Waals surface area contributed by atoms with Gasteiger partial charge in [-0.05, 0) is 68.4 Å². The first kappa shape index (κ1) is 28.3. The Morgan fingerprint density at radius 2 is 1.93 bits per heavy atom. The molecule has 2 fully saturated rings. The van der Waals surface area contributed by atoms with Crippen molar-refractivity contribution in [2.24, 2.45) is 5.41 Å². The van der Waals surface area contributed by atoms with Crippen LogP contribution >= 0.6 is 0 Å². The zero-order valence-electron chi connectivity index (χ0n) is 24.0. The van der Waals surface area contributed by atoms with Gasteiger partial charge in [0.15, 0.2) is 0 Å². The number of terminal acetylenes is 1. The van der Waals surface area contributed by atoms with Crippen molar-refractivity contribution in [3.8, 4) is 23.6 Å². The van der Waals surface area contributed by atoms with Crippen LogP contribution in [0.15, 0.2) is 60.9 Å². The molecule has 1 unspecified atom stereocenters. The van der Waals surface area contributed by atoms with Crippen LogP contribution < -0.4 is 10.2 Å². The number of aromatic nitrogens is 4. The molecular formula is C32H33FN8O2. The lowest BCUT2D eigenvalue weighted by Gasteiger charge is -2.40. The third-order valence-corrected chi connectivity index (χ3v) is 8.44. The smallest absolute Gasteiger partial charge is 0.237 e. The molecule has 2 aliphatic rings. The van der Waals surface area contributed by atoms with Crippen LogP contribution in [0.2, 0.25) is 0 Å². The molecule has 2 aliphatic heterocycles. The van der Waals surface area contributed by atoms with Crippen LogP contribution in [0, 0.1) is 23.6 Å². The van der Waals surface area contributed by atoms with E-state index >= 15 is 0 Å². The van der Waals surface area contributed by atoms with E-state index in [1.54, 1.807) is 30.6 Å². The molecule has 0 saturated carbocycles. The van der Waals surface area contributed by atoms with Crippen molar-refractivity contribution in [1.82, 2.24) is 30.0 Å². The lowest BCUT2D eigenvalue weighted by molar-refractivity contribution is -0.135. The molecule has 4 aromatic rings. The Morgan fingerprint density at radius 3 is 2.67 bits per heavy atom. The first-order valence-electron chi connectivity index (χ1n) is 14.4. The number of nitrogens with one attached hydrogen (secondary N) is 2. The van der Waals surface area contributed by atoms with E-state index in [0.29, 0.717) is 56.5 Å². The number of benzene rings is 2. The van der Waals surface area contributed by atoms with Crippen LogP contribution in [0.25, 0.3) is 22.2 Å². The van der Waals surface area contributed by atoms with Crippen molar-refractivity contribution in [2.75, 3.05) is 49.5 Å². The second-order valence-electron chi connectivity index (χ2n) is 11.3. The predicted octanol–water partition coefficient (Wildman–Crippen LogP) is 3.55. The van der Waals surface area contributed by atoms with Crippen LogP contribution in [-0.4, -0.2) is 87.1 Å². The summed E-state index contributed by atoms with van der Waals surface area (Å²) in [7, 11) is 0. The molecule has 0 radical (unpaired) electrons. The molecular weight excluding hydrogens is 547 g/mol. The number of rotatable bonds is 7. The highest BCUT2D eigenvalue weighted by Gasteiger charge is 2.45. The summed E-state index contributed by atoms with van der Waals surface area (Å²) in [6.45, 7) is 5.16. The summed E-state index contributed by atoms with van der Waals surface area (Å²) in [5, 5.41) is 11.3. The molecule has 0 aliphatic carbocycles. The second kappa shape index (κ2) is 11.8. The lowest BCUT2D eigenvalue weighted by Crippen LogP contribution is -2.56. The van der Waals surface area contributed by atoms with Gasteiger partial charge in [-0.15, -0.1) is 12.3 Å². The maximum atomic E-state index is 13.7. The fourth-order valence-electron chi connectivity index (χ4n) is 6.13. The van der Waals surface area contributed by atoms with Gasteiger partial charge in [0, 0.05) is 67.7 Å². The Morgan fingerprint density at radius 1 is 1.14 bits per heavy atom. The minimum Gasteiger partial charge on any atom is -0.337 e. The molecule has 220 valence electrons. The van der Waals surface area contributed by atoms with Crippen molar-refractivity contribution in [3.05, 3.63) is 66.7 Å². The number of hydrogen-bond donors (Lipinski definition) is 2. The highest BCUT2D eigenvalue weighted by molar-refractivity contribution is 6.00. The van der Waals surface area contributed by atoms with Crippen molar-refractivity contribution in [2.45, 2.75) is 25.8 Å². The van der Waals surface area contributed by atoms with Crippen molar-refractivity contribution >= 4 is 34.4 Å². The molecule has 2 aromatic carbocycles. The average Bonchev–Trinajstić information content (AvgIpc) is 3.62. The number of aromatic amines is 1. The summed E-state index contributed by atoms with van der Waals surface area (Å²) < 4.78 is 13.5. The van der Waals surface area contributed by atoms with Gasteiger partial charge in [0.05, 0.1) is 23.2 Å². The SMILES string of the molecule is C#CCC1(C(=O)Nc2ccc3[nH]nc(-c4ccc(F)cc4)c3c2)CCN(CC(=O)N2CCN(c3ncccn3)C[C@H]2C)C1. The van der Waals surface area contributed by atoms with E-state index in [1.807, 2.05) is 34.9 Å². The number of carbonyl (C=O) groups excluding carboxylic acids is 2. The summed E-state index contributed by atoms with van der Waals surface area (Å²) in [4.78, 5) is 41.8. The Labute approximate surface area is 249 Å². The van der Waals surface area contributed by atoms with Crippen LogP contribution in [0.1, 0.15) is 19.8 Å². The van der Waals surface area contributed by atoms with Gasteiger partial charge in [-0.1, -0.05) is 0 Å². The van der Waals surface area contributed by atoms with E-state index in [-0.39, 0.29) is 36.6 Å². The monoisotopic (exact) mass is 580 g/mol. The summed E-state index contributed by atoms with van der Waals surface area (Å²) in [5.41, 5.74) is 2.03. The molecule has 2 saturated heterocycles. The molecule has 0 spiro atoms. The minimum atomic E-state index is -0.810. The van der Waals surface area contributed by atoms with E-state index in [2.05, 4.69) is 36.3 Å². The number of halogens is 1. The number of piperazine rings is 1. The van der Waals surface area contributed by atoms with Crippen molar-refractivity contribution in [1.29, 1.82) is 0 Å². The van der Waals surface area contributed by atoms with E-state index in [1.165, 1.54) is 12.1 Å². The second-order valence-corrected chi connectivity index (χ2v) is 11.3. The maximum absolute atomic E-state index is 13.7. The van der Waals surface area contributed by atoms with Crippen molar-refractivity contribution < 1.29 is 14.0 Å². The predicted molar refractivity (Wildman–Crippen MR) is 162 cm³/mol. The summed E-state index contributed by atoms with van der Waals surface area (Å²) in [5.74, 6) is 2.92. The van der Waals surface area contributed by atoms with Gasteiger partial charge in [0.2, 0.25) is 17.8 Å². The largest absolute Gasteiger partial charge is 0.337 e. The van der Waals surface area contributed by atoms with Gasteiger partial charge in [0.1, 0.15) is 5.82 Å². The van der Waals surface area contributed by atoms with Gasteiger partial charge in [-0.2, -0.15) is 5.10 Å². The minimum absolute atomic E-state index is 0.00376. The fraction of sp³-hybridized carbons (Fsp3) is 0.344. The topological polar surface area (TPSA) is 110 Å². The van der Waals surface area contributed by atoms with E-state index in [0.717, 1.165) is 16.5 Å². The average molecular weight is 581 g/mol. The summed E-state index contributed by atoms with van der Waals surface area (Å²) >= 11 is 0. The quantitative estimate of drug-likeness (QED) is 0.322. The number of amides is 2. The van der Waals surface area contributed by atoms with Gasteiger partial charge in [0.25, 0.3) is 0 Å². The Hall–Kier alpha value is -4.82. The first-order chi connectivity index (χ1) is 20.8. The Kier molecular flexibility index (Phi) is 7.78. The molecule has 2 atom stereocenters. The van der Waals surface area contributed by atoms with E-state index in [4.69, 9.17) is 6.42 Å². The Bertz CT molecular complexity index is 1670. The van der Waals surface area contributed by atoms with Gasteiger partial charge >= 0.3 is 0 Å². The van der Waals surface area contributed by atoms with Crippen LogP contribution in [0.3, 0.4) is 0 Å². The molecule has 4 heterocycles. The molecule has 0 bridgehead atoms. The van der Waals surface area contributed by atoms with Crippen LogP contribution in [-0.2, 0) is 9.59 Å². The van der Waals surface area contributed by atoms with Crippen LogP contribution in [0.5, 0.6) is 0 Å². The summed E-state index contributed by atoms with van der Waals surface area (Å²) in [6.07, 6.45) is 10.0. The van der Waals surface area contributed by atoms with E-state index < -0.39 is 5.41 Å². The number of likely N-dealkylation sites (tertiary alicyclic amines) is 1. The third kappa shape index (κ3) is 5.79. The fourth-order valence-corrected chi connectivity index (χ4v) is 6.13. The molecule has 2 aromatic heterocycles. The number of H-pyrrole nitrogens is 1. The summed E-state index contributed by atoms with van der Waals surface area (Å²) in [6, 6.07) is 13.4. The number of anilines is 2.